The van der Waals surface area contributed by atoms with Crippen molar-refractivity contribution in [3.05, 3.63) is 93.4 Å². The summed E-state index contributed by atoms with van der Waals surface area (Å²) in [4.78, 5) is 32.9. The lowest BCUT2D eigenvalue weighted by atomic mass is 10.0. The van der Waals surface area contributed by atoms with Crippen LogP contribution in [0, 0.1) is 24.4 Å². The topological polar surface area (TPSA) is 102 Å². The number of hydrogen-bond acceptors (Lipinski definition) is 7. The van der Waals surface area contributed by atoms with Crippen LogP contribution in [0.5, 0.6) is 0 Å². The third kappa shape index (κ3) is 5.63. The third-order valence-electron chi connectivity index (χ3n) is 5.79. The summed E-state index contributed by atoms with van der Waals surface area (Å²) in [6.07, 6.45) is 4.50. The highest BCUT2D eigenvalue weighted by Gasteiger charge is 2.31. The highest BCUT2D eigenvalue weighted by molar-refractivity contribution is 6.33. The van der Waals surface area contributed by atoms with Crippen molar-refractivity contribution in [3.63, 3.8) is 0 Å². The lowest BCUT2D eigenvalue weighted by Gasteiger charge is -2.31. The van der Waals surface area contributed by atoms with Crippen molar-refractivity contribution >= 4 is 29.1 Å². The zero-order valence-electron chi connectivity index (χ0n) is 23.9. The van der Waals surface area contributed by atoms with E-state index in [9.17, 15) is 22.8 Å². The largest absolute Gasteiger partial charge is 0.485 e. The average molecular weight is 575 g/mol. The van der Waals surface area contributed by atoms with Gasteiger partial charge in [-0.1, -0.05) is 11.6 Å². The maximum Gasteiger partial charge on any atom is 0.217 e. The van der Waals surface area contributed by atoms with Gasteiger partial charge in [0, 0.05) is 37.0 Å². The minimum Gasteiger partial charge on any atom is -0.485 e. The second-order valence-electron chi connectivity index (χ2n) is 9.34. The first kappa shape index (κ1) is 25.8. The Bertz CT molecular complexity index is 1720. The van der Waals surface area contributed by atoms with Crippen LogP contribution in [0.15, 0.2) is 59.0 Å². The number of rotatable bonds is 7. The fraction of sp³-hybridized carbons (Fsp3) is 0.259. The van der Waals surface area contributed by atoms with E-state index < -0.39 is 35.2 Å². The van der Waals surface area contributed by atoms with Crippen molar-refractivity contribution in [2.24, 2.45) is 0 Å². The highest BCUT2D eigenvalue weighted by Crippen LogP contribution is 2.38. The van der Waals surface area contributed by atoms with Gasteiger partial charge in [-0.25, -0.2) is 27.6 Å². The molecule has 0 aliphatic carbocycles. The van der Waals surface area contributed by atoms with E-state index in [1.807, 2.05) is 0 Å². The molecule has 0 bridgehead atoms. The van der Waals surface area contributed by atoms with Crippen molar-refractivity contribution in [2.75, 3.05) is 4.90 Å². The molecule has 1 aliphatic rings. The molecule has 4 heterocycles. The third-order valence-corrected chi connectivity index (χ3v) is 6.15. The molecule has 0 atom stereocenters. The van der Waals surface area contributed by atoms with Crippen molar-refractivity contribution in [1.82, 2.24) is 25.1 Å². The molecule has 4 rings (SSSR count). The van der Waals surface area contributed by atoms with Crippen LogP contribution in [-0.2, 0) is 26.4 Å². The molecule has 0 saturated carbocycles. The Hall–Kier alpha value is -4.41. The number of aryl methyl sites for hydroxylation is 1. The molecule has 13 heteroatoms. The molecule has 3 aromatic heterocycles. The number of amides is 1. The number of pyridine rings is 2. The van der Waals surface area contributed by atoms with Gasteiger partial charge in [0.25, 0.3) is 0 Å². The van der Waals surface area contributed by atoms with Crippen LogP contribution in [0.2, 0.25) is 0 Å². The van der Waals surface area contributed by atoms with E-state index in [0.717, 1.165) is 6.20 Å². The molecule has 0 aromatic carbocycles. The number of allylic oxidation sites excluding steroid dienone is 3. The number of carbonyl (C=O) groups is 1. The number of carbonyl (C=O) groups excluding carboxylic acids is 2. The molecule has 1 N–H and O–H groups in total. The molecule has 208 valence electrons. The van der Waals surface area contributed by atoms with Gasteiger partial charge in [-0.15, -0.1) is 0 Å². The van der Waals surface area contributed by atoms with Crippen LogP contribution in [0.3, 0.4) is 0 Å². The number of anilines is 1. The fourth-order valence-corrected chi connectivity index (χ4v) is 4.25. The summed E-state index contributed by atoms with van der Waals surface area (Å²) in [7, 11) is 0. The smallest absolute Gasteiger partial charge is 0.217 e. The lowest BCUT2D eigenvalue weighted by molar-refractivity contribution is -0.120. The Labute approximate surface area is 235 Å². The van der Waals surface area contributed by atoms with E-state index >= 15 is 0 Å². The summed E-state index contributed by atoms with van der Waals surface area (Å²) in [5.41, 5.74) is -0.999. The van der Waals surface area contributed by atoms with Gasteiger partial charge in [0.05, 0.1) is 26.4 Å². The van der Waals surface area contributed by atoms with Gasteiger partial charge < -0.3 is 15.0 Å². The molecular weight excluding hydrogens is 549 g/mol. The minimum atomic E-state index is -2.90. The molecule has 1 amide bonds. The molecule has 0 radical (unpaired) electrons. The molecule has 3 aromatic rings. The van der Waals surface area contributed by atoms with Crippen LogP contribution in [0.1, 0.15) is 47.4 Å². The van der Waals surface area contributed by atoms with E-state index in [2.05, 4.69) is 20.4 Å². The van der Waals surface area contributed by atoms with Crippen LogP contribution in [0.4, 0.5) is 18.9 Å². The fourth-order valence-electron chi connectivity index (χ4n) is 4.04. The summed E-state index contributed by atoms with van der Waals surface area (Å²) >= 11 is 6.45. The van der Waals surface area contributed by atoms with Crippen LogP contribution >= 0.6 is 11.6 Å². The van der Waals surface area contributed by atoms with Gasteiger partial charge in [-0.2, -0.15) is 5.10 Å². The number of aromatic nitrogens is 4. The molecule has 1 aliphatic heterocycles. The first-order chi connectivity index (χ1) is 19.6. The first-order valence-corrected chi connectivity index (χ1v) is 12.1. The van der Waals surface area contributed by atoms with Crippen LogP contribution < -0.4 is 10.2 Å². The van der Waals surface area contributed by atoms with Crippen molar-refractivity contribution < 1.29 is 30.2 Å². The SMILES string of the molecule is [2H]C([2H])(OC1=C(Cl)C(=C=O)N(c2cc(-n3cc(F)c(C(C)(C)NC(C)=O)n3)ncc2C)C(C)=C1)c1ncc(F)cc1F. The molecule has 40 heavy (non-hydrogen) atoms. The van der Waals surface area contributed by atoms with Crippen LogP contribution in [-0.4, -0.2) is 31.6 Å². The van der Waals surface area contributed by atoms with Crippen molar-refractivity contribution in [2.45, 2.75) is 46.7 Å². The van der Waals surface area contributed by atoms with Gasteiger partial charge >= 0.3 is 0 Å². The first-order valence-electron chi connectivity index (χ1n) is 12.7. The van der Waals surface area contributed by atoms with Gasteiger partial charge in [0.15, 0.2) is 29.1 Å². The number of nitrogens with zero attached hydrogens (tertiary/aromatic N) is 5. The normalized spacial score (nSPS) is 14.9. The molecule has 9 nitrogen and oxygen atoms in total. The maximum absolute atomic E-state index is 14.9. The summed E-state index contributed by atoms with van der Waals surface area (Å²) in [5.74, 6) is -1.78. The van der Waals surface area contributed by atoms with Gasteiger partial charge in [-0.3, -0.25) is 9.78 Å². The number of ether oxygens (including phenoxy) is 1. The molecule has 0 fully saturated rings. The van der Waals surface area contributed by atoms with Crippen LogP contribution in [0.25, 0.3) is 5.82 Å². The zero-order valence-corrected chi connectivity index (χ0v) is 22.7. The van der Waals surface area contributed by atoms with E-state index in [1.54, 1.807) is 33.6 Å². The predicted octanol–water partition coefficient (Wildman–Crippen LogP) is 4.87. The monoisotopic (exact) mass is 574 g/mol. The number of nitrogens with one attached hydrogen (secondary N) is 1. The quantitative estimate of drug-likeness (QED) is 0.402. The van der Waals surface area contributed by atoms with Gasteiger partial charge in [0.1, 0.15) is 34.6 Å². The van der Waals surface area contributed by atoms with E-state index in [-0.39, 0.29) is 33.9 Å². The van der Waals surface area contributed by atoms with E-state index in [1.165, 1.54) is 34.8 Å². The Morgan fingerprint density at radius 2 is 1.93 bits per heavy atom. The van der Waals surface area contributed by atoms with Gasteiger partial charge in [0.2, 0.25) is 5.91 Å². The van der Waals surface area contributed by atoms with Gasteiger partial charge in [-0.05, 0) is 33.3 Å². The molecular formula is C27H24ClF3N6O3. The highest BCUT2D eigenvalue weighted by atomic mass is 35.5. The lowest BCUT2D eigenvalue weighted by Crippen LogP contribution is -2.40. The second-order valence-corrected chi connectivity index (χ2v) is 9.72. The predicted molar refractivity (Wildman–Crippen MR) is 140 cm³/mol. The Balaban J connectivity index is 1.72. The Morgan fingerprint density at radius 1 is 1.20 bits per heavy atom. The number of halogens is 4. The molecule has 0 saturated heterocycles. The zero-order chi connectivity index (χ0) is 31.1. The minimum absolute atomic E-state index is 0.0294. The second kappa shape index (κ2) is 11.0. The summed E-state index contributed by atoms with van der Waals surface area (Å²) in [6.45, 7) is 4.86. The van der Waals surface area contributed by atoms with E-state index in [0.29, 0.717) is 29.2 Å². The number of hydrogen-bond donors (Lipinski definition) is 1. The average Bonchev–Trinajstić information content (AvgIpc) is 3.28. The van der Waals surface area contributed by atoms with E-state index in [4.69, 9.17) is 19.1 Å². The summed E-state index contributed by atoms with van der Waals surface area (Å²) < 4.78 is 65.3. The summed E-state index contributed by atoms with van der Waals surface area (Å²) in [5, 5.41) is 6.56. The standard InChI is InChI=1S/C27H24ClF3N6O3/c1-14-9-33-24(36-11-19(31)26(35-36)27(4,5)34-16(3)39)8-21(14)37-15(2)6-23(25(28)22(37)12-38)40-13-20-18(30)7-17(29)10-32-20/h6-11H,13H2,1-5H3,(H,34,39)/i13D2. The maximum atomic E-state index is 14.9. The molecule has 0 spiro atoms. The Morgan fingerprint density at radius 3 is 2.58 bits per heavy atom. The van der Waals surface area contributed by atoms with Crippen molar-refractivity contribution in [3.8, 4) is 5.82 Å². The molecule has 0 unspecified atom stereocenters. The van der Waals surface area contributed by atoms with Crippen molar-refractivity contribution in [1.29, 1.82) is 0 Å². The summed E-state index contributed by atoms with van der Waals surface area (Å²) in [6, 6.07) is 1.97. The Kier molecular flexibility index (Phi) is 7.10.